The maximum atomic E-state index is 12.6. The van der Waals surface area contributed by atoms with E-state index >= 15 is 0 Å². The number of aliphatic hydroxyl groups is 2. The molecule has 3 heterocycles. The summed E-state index contributed by atoms with van der Waals surface area (Å²) in [4.78, 5) is 16.1. The van der Waals surface area contributed by atoms with Crippen LogP contribution in [0.2, 0.25) is 0 Å². The van der Waals surface area contributed by atoms with Crippen LogP contribution in [0, 0.1) is 0 Å². The minimum atomic E-state index is -0.996. The van der Waals surface area contributed by atoms with Gasteiger partial charge in [-0.15, -0.1) is 0 Å². The molecule has 2 fully saturated rings. The number of aliphatic hydroxyl groups excluding tert-OH is 2. The molecule has 3 aliphatic heterocycles. The minimum absolute atomic E-state index is 0.0485. The highest BCUT2D eigenvalue weighted by molar-refractivity contribution is 5.96. The van der Waals surface area contributed by atoms with Gasteiger partial charge in [-0.05, 0) is 19.9 Å². The van der Waals surface area contributed by atoms with E-state index in [1.165, 1.54) is 7.11 Å². The quantitative estimate of drug-likeness (QED) is 0.695. The predicted molar refractivity (Wildman–Crippen MR) is 71.2 cm³/mol. The molecule has 3 aliphatic rings. The van der Waals surface area contributed by atoms with Crippen LogP contribution in [-0.2, 0) is 9.53 Å². The van der Waals surface area contributed by atoms with Gasteiger partial charge in [0, 0.05) is 19.2 Å². The average molecular weight is 280 g/mol. The molecule has 4 unspecified atom stereocenters. The van der Waals surface area contributed by atoms with E-state index in [4.69, 9.17) is 4.74 Å². The number of carbonyl (C=O) groups excluding carboxylic acids is 1. The van der Waals surface area contributed by atoms with Crippen LogP contribution in [0.25, 0.3) is 0 Å². The summed E-state index contributed by atoms with van der Waals surface area (Å²) in [6, 6.07) is -0.0485. The van der Waals surface area contributed by atoms with E-state index in [0.717, 1.165) is 0 Å². The van der Waals surface area contributed by atoms with Crippen molar-refractivity contribution in [1.82, 2.24) is 9.80 Å². The molecule has 0 aromatic heterocycles. The molecule has 0 saturated carbocycles. The Morgan fingerprint density at radius 2 is 2.10 bits per heavy atom. The van der Waals surface area contributed by atoms with Crippen LogP contribution < -0.4 is 0 Å². The third-order valence-corrected chi connectivity index (χ3v) is 5.00. The molecule has 0 bridgehead atoms. The standard InChI is InChI=1S/C14H20N2O4/c1-7-14(2)6-10(18)8-5-9(17)12(20-4)11(16(8)14)13(19)15(7)3/h5,7,9-10,17-18H,6H2,1-4H3. The van der Waals surface area contributed by atoms with Crippen LogP contribution >= 0.6 is 0 Å². The Morgan fingerprint density at radius 1 is 1.45 bits per heavy atom. The number of amides is 1. The lowest BCUT2D eigenvalue weighted by Crippen LogP contribution is -2.63. The van der Waals surface area contributed by atoms with Crippen molar-refractivity contribution >= 4 is 5.91 Å². The van der Waals surface area contributed by atoms with Crippen molar-refractivity contribution in [3.8, 4) is 0 Å². The average Bonchev–Trinajstić information content (AvgIpc) is 2.66. The van der Waals surface area contributed by atoms with Crippen molar-refractivity contribution in [3.05, 3.63) is 23.2 Å². The van der Waals surface area contributed by atoms with E-state index in [1.54, 1.807) is 18.0 Å². The first-order valence-corrected chi connectivity index (χ1v) is 6.76. The number of hydrogen-bond acceptors (Lipinski definition) is 5. The number of ether oxygens (including phenoxy) is 1. The van der Waals surface area contributed by atoms with Gasteiger partial charge in [0.05, 0.1) is 24.8 Å². The third-order valence-electron chi connectivity index (χ3n) is 5.00. The molecule has 0 aliphatic carbocycles. The lowest BCUT2D eigenvalue weighted by molar-refractivity contribution is -0.138. The number of nitrogens with zero attached hydrogens (tertiary/aromatic N) is 2. The second-order valence-electron chi connectivity index (χ2n) is 5.96. The van der Waals surface area contributed by atoms with Gasteiger partial charge in [-0.1, -0.05) is 0 Å². The van der Waals surface area contributed by atoms with Gasteiger partial charge in [0.2, 0.25) is 0 Å². The predicted octanol–water partition coefficient (Wildman–Crippen LogP) is -0.211. The monoisotopic (exact) mass is 280 g/mol. The summed E-state index contributed by atoms with van der Waals surface area (Å²) in [5.41, 5.74) is 0.550. The number of methoxy groups -OCH3 is 1. The lowest BCUT2D eigenvalue weighted by atomic mass is 9.85. The molecular formula is C14H20N2O4. The second-order valence-corrected chi connectivity index (χ2v) is 5.96. The Balaban J connectivity index is 2.24. The summed E-state index contributed by atoms with van der Waals surface area (Å²) in [7, 11) is 3.19. The van der Waals surface area contributed by atoms with E-state index < -0.39 is 17.7 Å². The smallest absolute Gasteiger partial charge is 0.274 e. The van der Waals surface area contributed by atoms with E-state index in [-0.39, 0.29) is 17.7 Å². The highest BCUT2D eigenvalue weighted by Gasteiger charge is 2.58. The Morgan fingerprint density at radius 3 is 2.70 bits per heavy atom. The molecule has 6 heteroatoms. The fraction of sp³-hybridized carbons (Fsp3) is 0.643. The van der Waals surface area contributed by atoms with Crippen molar-refractivity contribution in [2.75, 3.05) is 14.2 Å². The molecule has 3 rings (SSSR count). The molecule has 6 nitrogen and oxygen atoms in total. The molecule has 0 aromatic rings. The largest absolute Gasteiger partial charge is 0.496 e. The van der Waals surface area contributed by atoms with Gasteiger partial charge in [-0.2, -0.15) is 0 Å². The zero-order chi connectivity index (χ0) is 14.8. The molecule has 2 N–H and O–H groups in total. The summed E-state index contributed by atoms with van der Waals surface area (Å²) in [6.07, 6.45) is 0.419. The van der Waals surface area contributed by atoms with E-state index in [0.29, 0.717) is 17.8 Å². The number of piperazine rings is 1. The van der Waals surface area contributed by atoms with Crippen LogP contribution in [0.4, 0.5) is 0 Å². The van der Waals surface area contributed by atoms with Gasteiger partial charge in [-0.3, -0.25) is 4.79 Å². The first kappa shape index (κ1) is 13.5. The van der Waals surface area contributed by atoms with E-state index in [2.05, 4.69) is 0 Å². The zero-order valence-corrected chi connectivity index (χ0v) is 12.1. The molecule has 20 heavy (non-hydrogen) atoms. The van der Waals surface area contributed by atoms with E-state index in [9.17, 15) is 15.0 Å². The number of rotatable bonds is 1. The highest BCUT2D eigenvalue weighted by atomic mass is 16.5. The van der Waals surface area contributed by atoms with Crippen LogP contribution in [0.5, 0.6) is 0 Å². The molecule has 1 amide bonds. The third kappa shape index (κ3) is 1.38. The van der Waals surface area contributed by atoms with Crippen molar-refractivity contribution < 1.29 is 19.7 Å². The summed E-state index contributed by atoms with van der Waals surface area (Å²) in [5, 5.41) is 20.4. The molecular weight excluding hydrogens is 260 g/mol. The second kappa shape index (κ2) is 3.99. The van der Waals surface area contributed by atoms with Gasteiger partial charge in [0.1, 0.15) is 11.8 Å². The lowest BCUT2D eigenvalue weighted by Gasteiger charge is -2.52. The zero-order valence-electron chi connectivity index (χ0n) is 12.1. The number of hydrogen-bond donors (Lipinski definition) is 2. The fourth-order valence-corrected chi connectivity index (χ4v) is 3.63. The highest BCUT2D eigenvalue weighted by Crippen LogP contribution is 2.49. The van der Waals surface area contributed by atoms with Crippen LogP contribution in [0.1, 0.15) is 20.3 Å². The van der Waals surface area contributed by atoms with Gasteiger partial charge >= 0.3 is 0 Å². The first-order valence-electron chi connectivity index (χ1n) is 6.76. The number of carbonyl (C=O) groups is 1. The first-order chi connectivity index (χ1) is 9.32. The van der Waals surface area contributed by atoms with Gasteiger partial charge < -0.3 is 24.7 Å². The van der Waals surface area contributed by atoms with Gasteiger partial charge in [-0.25, -0.2) is 0 Å². The van der Waals surface area contributed by atoms with Crippen molar-refractivity contribution in [3.63, 3.8) is 0 Å². The van der Waals surface area contributed by atoms with Crippen LogP contribution in [-0.4, -0.2) is 63.9 Å². The Kier molecular flexibility index (Phi) is 2.68. The SMILES string of the molecule is COC1=C2C(=O)N(C)C(C)C3(C)CC(O)C(=CC1O)N23. The Labute approximate surface area is 117 Å². The Bertz CT molecular complexity index is 541. The minimum Gasteiger partial charge on any atom is -0.496 e. The van der Waals surface area contributed by atoms with Gasteiger partial charge in [0.25, 0.3) is 5.91 Å². The maximum absolute atomic E-state index is 12.6. The van der Waals surface area contributed by atoms with Crippen molar-refractivity contribution in [2.45, 2.75) is 44.1 Å². The molecule has 0 spiro atoms. The summed E-state index contributed by atoms with van der Waals surface area (Å²) < 4.78 is 5.25. The summed E-state index contributed by atoms with van der Waals surface area (Å²) in [6.45, 7) is 4.00. The van der Waals surface area contributed by atoms with Crippen LogP contribution in [0.15, 0.2) is 23.2 Å². The van der Waals surface area contributed by atoms with Crippen molar-refractivity contribution in [2.24, 2.45) is 0 Å². The van der Waals surface area contributed by atoms with E-state index in [1.807, 2.05) is 18.7 Å². The summed E-state index contributed by atoms with van der Waals surface area (Å²) in [5.74, 6) is 0.0587. The normalized spacial score (nSPS) is 40.0. The molecule has 0 aromatic carbocycles. The molecule has 0 radical (unpaired) electrons. The van der Waals surface area contributed by atoms with Gasteiger partial charge in [0.15, 0.2) is 5.76 Å². The Hall–Kier alpha value is -1.53. The van der Waals surface area contributed by atoms with Crippen LogP contribution in [0.3, 0.4) is 0 Å². The molecule has 4 atom stereocenters. The number of likely N-dealkylation sites (N-methyl/N-ethyl adjacent to an activating group) is 1. The molecule has 110 valence electrons. The summed E-state index contributed by atoms with van der Waals surface area (Å²) >= 11 is 0. The fourth-order valence-electron chi connectivity index (χ4n) is 3.63. The maximum Gasteiger partial charge on any atom is 0.274 e. The molecule has 2 saturated heterocycles. The topological polar surface area (TPSA) is 73.2 Å². The van der Waals surface area contributed by atoms with Crippen molar-refractivity contribution in [1.29, 1.82) is 0 Å².